The Balaban J connectivity index is 1.26. The van der Waals surface area contributed by atoms with Crippen LogP contribution in [0.3, 0.4) is 0 Å². The lowest BCUT2D eigenvalue weighted by Gasteiger charge is -2.36. The van der Waals surface area contributed by atoms with Gasteiger partial charge < -0.3 is 15.3 Å². The highest BCUT2D eigenvalue weighted by Crippen LogP contribution is 2.35. The van der Waals surface area contributed by atoms with E-state index in [0.29, 0.717) is 16.9 Å². The van der Waals surface area contributed by atoms with Gasteiger partial charge in [0.2, 0.25) is 0 Å². The van der Waals surface area contributed by atoms with E-state index in [1.807, 2.05) is 17.5 Å². The van der Waals surface area contributed by atoms with E-state index < -0.39 is 5.97 Å². The van der Waals surface area contributed by atoms with Crippen molar-refractivity contribution >= 4 is 56.3 Å². The number of carbonyl (C=O) groups is 1. The summed E-state index contributed by atoms with van der Waals surface area (Å²) in [6.07, 6.45) is 4.51. The van der Waals surface area contributed by atoms with E-state index in [1.165, 1.54) is 29.9 Å². The molecule has 9 heteroatoms. The first kappa shape index (κ1) is 18.6. The molecule has 8 nitrogen and oxygen atoms in total. The third-order valence-corrected chi connectivity index (χ3v) is 7.17. The molecule has 4 heterocycles. The van der Waals surface area contributed by atoms with Gasteiger partial charge in [-0.1, -0.05) is 0 Å². The Morgan fingerprint density at radius 1 is 1.10 bits per heavy atom. The number of pyridine rings is 1. The Morgan fingerprint density at radius 3 is 2.58 bits per heavy atom. The number of aromatic nitrogens is 3. The van der Waals surface area contributed by atoms with E-state index in [2.05, 4.69) is 42.4 Å². The van der Waals surface area contributed by atoms with Crippen molar-refractivity contribution in [2.24, 2.45) is 0 Å². The smallest absolute Gasteiger partial charge is 0.348 e. The number of rotatable bonds is 5. The molecule has 4 aromatic rings. The molecule has 0 unspecified atom stereocenters. The van der Waals surface area contributed by atoms with Crippen LogP contribution in [0.5, 0.6) is 0 Å². The van der Waals surface area contributed by atoms with Gasteiger partial charge in [0.15, 0.2) is 5.82 Å². The molecule has 6 rings (SSSR count). The average molecular weight is 435 g/mol. The quantitative estimate of drug-likeness (QED) is 0.438. The summed E-state index contributed by atoms with van der Waals surface area (Å²) in [7, 11) is 0. The molecule has 1 aliphatic heterocycles. The van der Waals surface area contributed by atoms with E-state index in [9.17, 15) is 9.90 Å². The zero-order valence-electron chi connectivity index (χ0n) is 16.8. The molecular weight excluding hydrogens is 412 g/mol. The molecule has 3 N–H and O–H groups in total. The number of fused-ring (bicyclic) bond motifs is 3. The monoisotopic (exact) mass is 434 g/mol. The van der Waals surface area contributed by atoms with E-state index in [-0.39, 0.29) is 4.88 Å². The van der Waals surface area contributed by atoms with Crippen molar-refractivity contribution in [3.8, 4) is 0 Å². The summed E-state index contributed by atoms with van der Waals surface area (Å²) in [4.78, 5) is 21.5. The van der Waals surface area contributed by atoms with Gasteiger partial charge in [-0.05, 0) is 37.1 Å². The topological polar surface area (TPSA) is 97.4 Å². The number of hydrogen-bond acceptors (Lipinski definition) is 7. The minimum absolute atomic E-state index is 0.238. The molecule has 0 bridgehead atoms. The first-order valence-corrected chi connectivity index (χ1v) is 11.4. The number of benzene rings is 1. The molecule has 0 radical (unpaired) electrons. The number of anilines is 3. The molecule has 2 fully saturated rings. The summed E-state index contributed by atoms with van der Waals surface area (Å²) in [5.41, 5.74) is 3.30. The van der Waals surface area contributed by atoms with E-state index in [1.54, 1.807) is 6.20 Å². The number of aromatic amines is 1. The van der Waals surface area contributed by atoms with Crippen LogP contribution in [-0.2, 0) is 0 Å². The molecule has 1 aromatic carbocycles. The van der Waals surface area contributed by atoms with Gasteiger partial charge in [0, 0.05) is 65.9 Å². The van der Waals surface area contributed by atoms with Crippen LogP contribution in [0.1, 0.15) is 22.5 Å². The first-order valence-electron chi connectivity index (χ1n) is 10.5. The predicted molar refractivity (Wildman–Crippen MR) is 123 cm³/mol. The molecule has 1 saturated heterocycles. The number of nitrogens with zero attached hydrogens (tertiary/aromatic N) is 4. The van der Waals surface area contributed by atoms with Gasteiger partial charge in [-0.15, -0.1) is 11.3 Å². The number of piperazine rings is 1. The van der Waals surface area contributed by atoms with Crippen molar-refractivity contribution in [2.45, 2.75) is 18.9 Å². The van der Waals surface area contributed by atoms with Crippen molar-refractivity contribution < 1.29 is 9.90 Å². The average Bonchev–Trinajstić information content (AvgIpc) is 3.35. The third kappa shape index (κ3) is 3.30. The van der Waals surface area contributed by atoms with Gasteiger partial charge in [-0.2, -0.15) is 5.10 Å². The molecule has 31 heavy (non-hydrogen) atoms. The van der Waals surface area contributed by atoms with Crippen LogP contribution in [0.15, 0.2) is 35.8 Å². The number of nitrogens with one attached hydrogen (secondary N) is 2. The zero-order valence-corrected chi connectivity index (χ0v) is 17.7. The van der Waals surface area contributed by atoms with Gasteiger partial charge >= 0.3 is 5.97 Å². The second-order valence-electron chi connectivity index (χ2n) is 8.17. The van der Waals surface area contributed by atoms with Crippen molar-refractivity contribution in [1.82, 2.24) is 20.1 Å². The Labute approximate surface area is 182 Å². The van der Waals surface area contributed by atoms with Crippen LogP contribution in [0.4, 0.5) is 17.2 Å². The highest BCUT2D eigenvalue weighted by atomic mass is 32.1. The fourth-order valence-electron chi connectivity index (χ4n) is 4.41. The summed E-state index contributed by atoms with van der Waals surface area (Å²) < 4.78 is 0. The SMILES string of the molecule is O=C(O)c1scc2c1nc(Nc1ccc(N3CCN(C4CC4)CC3)cc1)c1n[nH]cc12. The molecule has 3 aromatic heterocycles. The van der Waals surface area contributed by atoms with Gasteiger partial charge in [0.05, 0.1) is 5.52 Å². The normalized spacial score (nSPS) is 17.5. The highest BCUT2D eigenvalue weighted by Gasteiger charge is 2.31. The van der Waals surface area contributed by atoms with Crippen molar-refractivity contribution in [2.75, 3.05) is 36.4 Å². The number of carboxylic acid groups (broad SMARTS) is 1. The number of aromatic carboxylic acids is 1. The molecule has 2 aliphatic rings. The van der Waals surface area contributed by atoms with Gasteiger partial charge in [-0.25, -0.2) is 9.78 Å². The predicted octanol–water partition coefficient (Wildman–Crippen LogP) is 3.90. The van der Waals surface area contributed by atoms with Crippen molar-refractivity contribution in [3.63, 3.8) is 0 Å². The Kier molecular flexibility index (Phi) is 4.32. The van der Waals surface area contributed by atoms with Crippen LogP contribution in [0, 0.1) is 0 Å². The molecule has 1 saturated carbocycles. The molecule has 1 aliphatic carbocycles. The van der Waals surface area contributed by atoms with E-state index >= 15 is 0 Å². The van der Waals surface area contributed by atoms with Crippen LogP contribution >= 0.6 is 11.3 Å². The second-order valence-corrected chi connectivity index (χ2v) is 9.05. The maximum Gasteiger partial charge on any atom is 0.348 e. The maximum absolute atomic E-state index is 11.6. The number of H-pyrrole nitrogens is 1. The number of thiophene rings is 1. The Hall–Kier alpha value is -3.17. The summed E-state index contributed by atoms with van der Waals surface area (Å²) in [6, 6.07) is 9.17. The molecule has 0 atom stereocenters. The second kappa shape index (κ2) is 7.21. The maximum atomic E-state index is 11.6. The summed E-state index contributed by atoms with van der Waals surface area (Å²) in [6.45, 7) is 4.40. The number of carboxylic acids is 1. The van der Waals surface area contributed by atoms with Crippen LogP contribution in [0.25, 0.3) is 21.8 Å². The molecule has 0 amide bonds. The summed E-state index contributed by atoms with van der Waals surface area (Å²) in [5.74, 6) is -0.414. The minimum Gasteiger partial charge on any atom is -0.477 e. The lowest BCUT2D eigenvalue weighted by molar-refractivity contribution is 0.0704. The lowest BCUT2D eigenvalue weighted by Crippen LogP contribution is -2.47. The molecule has 158 valence electrons. The van der Waals surface area contributed by atoms with Crippen molar-refractivity contribution in [3.05, 3.63) is 40.7 Å². The summed E-state index contributed by atoms with van der Waals surface area (Å²) >= 11 is 1.19. The van der Waals surface area contributed by atoms with Crippen molar-refractivity contribution in [1.29, 1.82) is 0 Å². The largest absolute Gasteiger partial charge is 0.477 e. The molecular formula is C22H22N6O2S. The Bertz CT molecular complexity index is 1270. The standard InChI is InChI=1S/C22H22N6O2S/c29-22(30)20-18-17(12-31-20)16-11-23-26-19(16)21(25-18)24-13-1-3-14(4-2-13)27-7-9-28(10-8-27)15-5-6-15/h1-4,11-12,15H,5-10H2,(H,23,26)(H,24,25)(H,29,30). The zero-order chi connectivity index (χ0) is 20.9. The minimum atomic E-state index is -0.965. The summed E-state index contributed by atoms with van der Waals surface area (Å²) in [5, 5.41) is 23.5. The van der Waals surface area contributed by atoms with Gasteiger partial charge in [0.25, 0.3) is 0 Å². The van der Waals surface area contributed by atoms with Crippen LogP contribution in [-0.4, -0.2) is 63.4 Å². The van der Waals surface area contributed by atoms with E-state index in [0.717, 1.165) is 48.7 Å². The Morgan fingerprint density at radius 2 is 1.87 bits per heavy atom. The number of hydrogen-bond donors (Lipinski definition) is 3. The molecule has 0 spiro atoms. The van der Waals surface area contributed by atoms with Gasteiger partial charge in [-0.3, -0.25) is 10.00 Å². The van der Waals surface area contributed by atoms with E-state index in [4.69, 9.17) is 0 Å². The van der Waals surface area contributed by atoms with Crippen LogP contribution in [0.2, 0.25) is 0 Å². The van der Waals surface area contributed by atoms with Gasteiger partial charge in [0.1, 0.15) is 10.4 Å². The highest BCUT2D eigenvalue weighted by molar-refractivity contribution is 7.13. The lowest BCUT2D eigenvalue weighted by atomic mass is 10.2. The third-order valence-electron chi connectivity index (χ3n) is 6.21. The fourth-order valence-corrected chi connectivity index (χ4v) is 5.25. The fraction of sp³-hybridized carbons (Fsp3) is 0.318. The first-order chi connectivity index (χ1) is 15.2. The van der Waals surface area contributed by atoms with Crippen LogP contribution < -0.4 is 10.2 Å².